The van der Waals surface area contributed by atoms with E-state index in [2.05, 4.69) is 15.3 Å². The quantitative estimate of drug-likeness (QED) is 0.741. The number of fused-ring (bicyclic) bond motifs is 1. The number of ether oxygens (including phenoxy) is 1. The Balaban J connectivity index is 1.57. The Morgan fingerprint density at radius 2 is 2.00 bits per heavy atom. The van der Waals surface area contributed by atoms with Crippen molar-refractivity contribution in [2.75, 3.05) is 6.61 Å². The van der Waals surface area contributed by atoms with Crippen molar-refractivity contribution < 1.29 is 9.53 Å². The average Bonchev–Trinajstić information content (AvgIpc) is 2.92. The minimum Gasteiger partial charge on any atom is -0.482 e. The molecule has 0 aliphatic rings. The molecule has 2 heterocycles. The predicted octanol–water partition coefficient (Wildman–Crippen LogP) is 2.84. The first-order valence-corrected chi connectivity index (χ1v) is 8.76. The lowest BCUT2D eigenvalue weighted by Crippen LogP contribution is -2.28. The van der Waals surface area contributed by atoms with E-state index in [0.29, 0.717) is 12.3 Å². The van der Waals surface area contributed by atoms with Gasteiger partial charge in [0, 0.05) is 19.3 Å². The van der Waals surface area contributed by atoms with Gasteiger partial charge in [-0.05, 0) is 50.1 Å². The Hall–Kier alpha value is -2.89. The zero-order chi connectivity index (χ0) is 18.7. The van der Waals surface area contributed by atoms with Gasteiger partial charge in [0.05, 0.1) is 16.7 Å². The number of carbonyl (C=O) groups excluding carboxylic acids is 1. The monoisotopic (exact) mass is 352 g/mol. The summed E-state index contributed by atoms with van der Waals surface area (Å²) in [6, 6.07) is 9.79. The highest BCUT2D eigenvalue weighted by Crippen LogP contribution is 2.18. The number of nitrogens with zero attached hydrogens (tertiary/aromatic N) is 3. The highest BCUT2D eigenvalue weighted by atomic mass is 16.5. The number of aryl methyl sites for hydroxylation is 4. The zero-order valence-electron chi connectivity index (χ0n) is 15.7. The van der Waals surface area contributed by atoms with E-state index in [9.17, 15) is 4.79 Å². The number of nitrogens with one attached hydrogen (secondary N) is 1. The van der Waals surface area contributed by atoms with Crippen LogP contribution in [0, 0.1) is 13.8 Å². The molecular formula is C20H24N4O2. The first-order valence-electron chi connectivity index (χ1n) is 8.76. The van der Waals surface area contributed by atoms with E-state index < -0.39 is 0 Å². The van der Waals surface area contributed by atoms with Gasteiger partial charge in [-0.2, -0.15) is 0 Å². The second-order valence-corrected chi connectivity index (χ2v) is 6.36. The smallest absolute Gasteiger partial charge is 0.258 e. The van der Waals surface area contributed by atoms with Gasteiger partial charge in [0.25, 0.3) is 5.91 Å². The molecule has 26 heavy (non-hydrogen) atoms. The van der Waals surface area contributed by atoms with E-state index in [4.69, 9.17) is 4.74 Å². The molecule has 0 saturated heterocycles. The largest absolute Gasteiger partial charge is 0.482 e. The van der Waals surface area contributed by atoms with Gasteiger partial charge in [0.2, 0.25) is 0 Å². The van der Waals surface area contributed by atoms with E-state index in [1.54, 1.807) is 0 Å². The molecule has 2 aromatic heterocycles. The number of rotatable bonds is 6. The summed E-state index contributed by atoms with van der Waals surface area (Å²) in [5.41, 5.74) is 4.84. The molecule has 0 radical (unpaired) electrons. The van der Waals surface area contributed by atoms with Crippen molar-refractivity contribution in [2.24, 2.45) is 7.05 Å². The normalized spacial score (nSPS) is 10.9. The summed E-state index contributed by atoms with van der Waals surface area (Å²) >= 11 is 0. The van der Waals surface area contributed by atoms with Gasteiger partial charge < -0.3 is 14.6 Å². The maximum atomic E-state index is 12.1. The van der Waals surface area contributed by atoms with Gasteiger partial charge in [0.1, 0.15) is 11.6 Å². The third-order valence-electron chi connectivity index (χ3n) is 4.42. The van der Waals surface area contributed by atoms with Crippen LogP contribution in [0.25, 0.3) is 11.0 Å². The van der Waals surface area contributed by atoms with Crippen LogP contribution >= 0.6 is 0 Å². The van der Waals surface area contributed by atoms with Crippen LogP contribution in [-0.4, -0.2) is 27.0 Å². The lowest BCUT2D eigenvalue weighted by molar-refractivity contribution is -0.123. The predicted molar refractivity (Wildman–Crippen MR) is 101 cm³/mol. The van der Waals surface area contributed by atoms with E-state index in [1.165, 1.54) is 0 Å². The Morgan fingerprint density at radius 1 is 1.19 bits per heavy atom. The van der Waals surface area contributed by atoms with Crippen molar-refractivity contribution in [3.05, 3.63) is 53.1 Å². The Labute approximate surface area is 153 Å². The third-order valence-corrected chi connectivity index (χ3v) is 4.42. The Morgan fingerprint density at radius 3 is 2.77 bits per heavy atom. The maximum Gasteiger partial charge on any atom is 0.258 e. The molecule has 1 amide bonds. The second-order valence-electron chi connectivity index (χ2n) is 6.36. The third kappa shape index (κ3) is 3.85. The van der Waals surface area contributed by atoms with Crippen LogP contribution in [0.3, 0.4) is 0 Å². The number of imidazole rings is 1. The van der Waals surface area contributed by atoms with Crippen LogP contribution < -0.4 is 10.1 Å². The molecule has 6 nitrogen and oxygen atoms in total. The van der Waals surface area contributed by atoms with Crippen LogP contribution in [0.4, 0.5) is 0 Å². The summed E-state index contributed by atoms with van der Waals surface area (Å²) in [7, 11) is 1.99. The molecule has 0 aliphatic carbocycles. The van der Waals surface area contributed by atoms with Crippen molar-refractivity contribution in [3.8, 4) is 5.75 Å². The SMILES string of the molecule is CCc1nc(C)ccc1OCC(=O)NCc1ccc2c(c1)nc(C)n2C. The molecule has 3 rings (SSSR count). The van der Waals surface area contributed by atoms with E-state index in [-0.39, 0.29) is 12.5 Å². The summed E-state index contributed by atoms with van der Waals surface area (Å²) in [5, 5.41) is 2.89. The highest BCUT2D eigenvalue weighted by Gasteiger charge is 2.09. The Bertz CT molecular complexity index is 946. The molecule has 136 valence electrons. The fraction of sp³-hybridized carbons (Fsp3) is 0.350. The second kappa shape index (κ2) is 7.56. The van der Waals surface area contributed by atoms with Gasteiger partial charge in [-0.3, -0.25) is 9.78 Å². The number of aromatic nitrogens is 3. The molecular weight excluding hydrogens is 328 g/mol. The van der Waals surface area contributed by atoms with Gasteiger partial charge in [-0.15, -0.1) is 0 Å². The first kappa shape index (κ1) is 17.9. The summed E-state index contributed by atoms with van der Waals surface area (Å²) in [4.78, 5) is 21.1. The fourth-order valence-corrected chi connectivity index (χ4v) is 2.85. The molecule has 6 heteroatoms. The number of carbonyl (C=O) groups is 1. The lowest BCUT2D eigenvalue weighted by Gasteiger charge is -2.11. The Kier molecular flexibility index (Phi) is 5.21. The van der Waals surface area contributed by atoms with Crippen LogP contribution in [0.1, 0.15) is 29.7 Å². The van der Waals surface area contributed by atoms with Crippen LogP contribution in [0.5, 0.6) is 5.75 Å². The van der Waals surface area contributed by atoms with Gasteiger partial charge in [-0.1, -0.05) is 13.0 Å². The van der Waals surface area contributed by atoms with Crippen molar-refractivity contribution in [1.29, 1.82) is 0 Å². The molecule has 0 spiro atoms. The number of pyridine rings is 1. The summed E-state index contributed by atoms with van der Waals surface area (Å²) in [5.74, 6) is 1.47. The first-order chi connectivity index (χ1) is 12.5. The van der Waals surface area contributed by atoms with Crippen molar-refractivity contribution in [2.45, 2.75) is 33.7 Å². The molecule has 0 bridgehead atoms. The topological polar surface area (TPSA) is 69.0 Å². The summed E-state index contributed by atoms with van der Waals surface area (Å²) in [6.07, 6.45) is 0.766. The molecule has 1 N–H and O–H groups in total. The molecule has 0 aliphatic heterocycles. The number of hydrogen-bond donors (Lipinski definition) is 1. The molecule has 3 aromatic rings. The van der Waals surface area contributed by atoms with Crippen LogP contribution in [0.2, 0.25) is 0 Å². The number of hydrogen-bond acceptors (Lipinski definition) is 4. The molecule has 0 fully saturated rings. The minimum absolute atomic E-state index is 0.0251. The standard InChI is InChI=1S/C20H24N4O2/c1-5-16-19(9-6-13(2)22-16)26-12-20(25)21-11-15-7-8-18-17(10-15)23-14(3)24(18)4/h6-10H,5,11-12H2,1-4H3,(H,21,25). The maximum absolute atomic E-state index is 12.1. The summed E-state index contributed by atoms with van der Waals surface area (Å²) < 4.78 is 7.68. The van der Waals surface area contributed by atoms with Crippen molar-refractivity contribution in [3.63, 3.8) is 0 Å². The fourth-order valence-electron chi connectivity index (χ4n) is 2.85. The molecule has 1 aromatic carbocycles. The molecule has 0 unspecified atom stereocenters. The highest BCUT2D eigenvalue weighted by molar-refractivity contribution is 5.79. The van der Waals surface area contributed by atoms with Gasteiger partial charge >= 0.3 is 0 Å². The number of benzene rings is 1. The van der Waals surface area contributed by atoms with Crippen LogP contribution in [0.15, 0.2) is 30.3 Å². The van der Waals surface area contributed by atoms with Crippen molar-refractivity contribution >= 4 is 16.9 Å². The lowest BCUT2D eigenvalue weighted by atomic mass is 10.2. The van der Waals surface area contributed by atoms with E-state index in [0.717, 1.165) is 40.2 Å². The van der Waals surface area contributed by atoms with Crippen LogP contribution in [-0.2, 0) is 24.8 Å². The van der Waals surface area contributed by atoms with E-state index >= 15 is 0 Å². The molecule has 0 atom stereocenters. The number of amides is 1. The minimum atomic E-state index is -0.162. The molecule has 0 saturated carbocycles. The average molecular weight is 352 g/mol. The summed E-state index contributed by atoms with van der Waals surface area (Å²) in [6.45, 7) is 6.35. The van der Waals surface area contributed by atoms with Gasteiger partial charge in [-0.25, -0.2) is 4.98 Å². The zero-order valence-corrected chi connectivity index (χ0v) is 15.7. The van der Waals surface area contributed by atoms with Gasteiger partial charge in [0.15, 0.2) is 6.61 Å². The van der Waals surface area contributed by atoms with E-state index in [1.807, 2.05) is 62.7 Å². The van der Waals surface area contributed by atoms with Crippen molar-refractivity contribution in [1.82, 2.24) is 19.9 Å².